The molecule has 0 saturated heterocycles. The molecule has 0 bridgehead atoms. The van der Waals surface area contributed by atoms with Crippen molar-refractivity contribution in [1.82, 2.24) is 5.32 Å². The van der Waals surface area contributed by atoms with Crippen molar-refractivity contribution in [3.63, 3.8) is 0 Å². The molecule has 0 fully saturated rings. The summed E-state index contributed by atoms with van der Waals surface area (Å²) in [6.45, 7) is 0. The van der Waals surface area contributed by atoms with Crippen molar-refractivity contribution in [1.29, 1.82) is 5.41 Å². The van der Waals surface area contributed by atoms with E-state index in [1.165, 1.54) is 6.08 Å². The van der Waals surface area contributed by atoms with Crippen LogP contribution >= 0.6 is 0 Å². The lowest BCUT2D eigenvalue weighted by Crippen LogP contribution is -2.14. The first kappa shape index (κ1) is 6.01. The van der Waals surface area contributed by atoms with Crippen molar-refractivity contribution < 1.29 is 0 Å². The molecule has 0 unspecified atom stereocenters. The van der Waals surface area contributed by atoms with Gasteiger partial charge in [-0.3, -0.25) is 0 Å². The van der Waals surface area contributed by atoms with Crippen molar-refractivity contribution >= 4 is 6.21 Å². The molecular formula is C4H9N3. The first-order valence-electron chi connectivity index (χ1n) is 1.95. The van der Waals surface area contributed by atoms with Crippen LogP contribution in [0, 0.1) is 5.41 Å². The van der Waals surface area contributed by atoms with Crippen LogP contribution in [0.25, 0.3) is 0 Å². The van der Waals surface area contributed by atoms with Gasteiger partial charge in [0, 0.05) is 13.3 Å². The smallest absolute Gasteiger partial charge is 0.0972 e. The summed E-state index contributed by atoms with van der Waals surface area (Å²) in [5.74, 6) is 0.509. The summed E-state index contributed by atoms with van der Waals surface area (Å²) < 4.78 is 0. The van der Waals surface area contributed by atoms with Crippen LogP contribution in [0.5, 0.6) is 0 Å². The van der Waals surface area contributed by atoms with E-state index in [-0.39, 0.29) is 0 Å². The molecule has 0 aliphatic rings. The summed E-state index contributed by atoms with van der Waals surface area (Å²) in [6.07, 6.45) is 2.60. The van der Waals surface area contributed by atoms with Crippen LogP contribution in [0.3, 0.4) is 0 Å². The minimum Gasteiger partial charge on any atom is -0.386 e. The molecule has 3 heteroatoms. The third-order valence-corrected chi connectivity index (χ3v) is 0.552. The maximum Gasteiger partial charge on any atom is 0.0972 e. The average molecular weight is 99.1 g/mol. The second-order valence-electron chi connectivity index (χ2n) is 1.04. The molecule has 3 nitrogen and oxygen atoms in total. The van der Waals surface area contributed by atoms with Crippen LogP contribution in [0.2, 0.25) is 0 Å². The van der Waals surface area contributed by atoms with Crippen molar-refractivity contribution in [2.45, 2.75) is 0 Å². The van der Waals surface area contributed by atoms with E-state index < -0.39 is 0 Å². The van der Waals surface area contributed by atoms with Crippen LogP contribution in [0.4, 0.5) is 0 Å². The lowest BCUT2D eigenvalue weighted by atomic mass is 10.6. The molecule has 0 aliphatic carbocycles. The van der Waals surface area contributed by atoms with Gasteiger partial charge in [0.1, 0.15) is 0 Å². The standard InChI is InChI=1S/C4H9N3/c1-7-4(6)2-3-5/h2-3,5,7H,6H2,1H3/b4-2+,5-3?. The number of hydrogen-bond acceptors (Lipinski definition) is 3. The molecule has 40 valence electrons. The maximum absolute atomic E-state index is 6.52. The van der Waals surface area contributed by atoms with Gasteiger partial charge >= 0.3 is 0 Å². The van der Waals surface area contributed by atoms with Gasteiger partial charge in [0.25, 0.3) is 0 Å². The van der Waals surface area contributed by atoms with E-state index >= 15 is 0 Å². The molecule has 4 N–H and O–H groups in total. The molecule has 0 saturated carbocycles. The highest BCUT2D eigenvalue weighted by Crippen LogP contribution is 1.65. The Morgan fingerprint density at radius 3 is 2.57 bits per heavy atom. The minimum absolute atomic E-state index is 0.509. The fourth-order valence-electron chi connectivity index (χ4n) is 0.173. The van der Waals surface area contributed by atoms with Gasteiger partial charge < -0.3 is 16.5 Å². The van der Waals surface area contributed by atoms with E-state index in [2.05, 4.69) is 5.32 Å². The number of nitrogens with two attached hydrogens (primary N) is 1. The fraction of sp³-hybridized carbons (Fsp3) is 0.250. The zero-order chi connectivity index (χ0) is 5.70. The van der Waals surface area contributed by atoms with Crippen LogP contribution in [0.1, 0.15) is 0 Å². The summed E-state index contributed by atoms with van der Waals surface area (Å²) in [7, 11) is 1.70. The molecule has 0 heterocycles. The Kier molecular flexibility index (Phi) is 2.76. The van der Waals surface area contributed by atoms with Gasteiger partial charge in [-0.1, -0.05) is 0 Å². The molecule has 0 spiro atoms. The van der Waals surface area contributed by atoms with Crippen molar-refractivity contribution in [3.8, 4) is 0 Å². The third kappa shape index (κ3) is 2.82. The first-order chi connectivity index (χ1) is 3.31. The van der Waals surface area contributed by atoms with Crippen molar-refractivity contribution in [2.75, 3.05) is 7.05 Å². The Morgan fingerprint density at radius 1 is 1.86 bits per heavy atom. The van der Waals surface area contributed by atoms with E-state index in [4.69, 9.17) is 11.1 Å². The van der Waals surface area contributed by atoms with Crippen LogP contribution in [-0.4, -0.2) is 13.3 Å². The lowest BCUT2D eigenvalue weighted by molar-refractivity contribution is 0.969. The monoisotopic (exact) mass is 99.1 g/mol. The zero-order valence-corrected chi connectivity index (χ0v) is 4.23. The highest BCUT2D eigenvalue weighted by molar-refractivity contribution is 5.68. The van der Waals surface area contributed by atoms with E-state index in [0.717, 1.165) is 6.21 Å². The highest BCUT2D eigenvalue weighted by atomic mass is 14.9. The lowest BCUT2D eigenvalue weighted by Gasteiger charge is -1.92. The Hall–Kier alpha value is -0.990. The molecule has 0 atom stereocenters. The van der Waals surface area contributed by atoms with Crippen LogP contribution in [-0.2, 0) is 0 Å². The van der Waals surface area contributed by atoms with Crippen LogP contribution in [0.15, 0.2) is 11.9 Å². The summed E-state index contributed by atoms with van der Waals surface area (Å²) in [5, 5.41) is 9.17. The van der Waals surface area contributed by atoms with Crippen molar-refractivity contribution in [2.24, 2.45) is 5.73 Å². The number of allylic oxidation sites excluding steroid dienone is 1. The van der Waals surface area contributed by atoms with Gasteiger partial charge in [-0.2, -0.15) is 0 Å². The molecule has 0 radical (unpaired) electrons. The van der Waals surface area contributed by atoms with Gasteiger partial charge in [0.2, 0.25) is 0 Å². The topological polar surface area (TPSA) is 61.9 Å². The largest absolute Gasteiger partial charge is 0.386 e. The molecule has 0 aromatic carbocycles. The third-order valence-electron chi connectivity index (χ3n) is 0.552. The molecule has 0 aromatic rings. The molecule has 0 aliphatic heterocycles. The van der Waals surface area contributed by atoms with E-state index in [1.807, 2.05) is 0 Å². The quantitative estimate of drug-likeness (QED) is 0.414. The highest BCUT2D eigenvalue weighted by Gasteiger charge is 1.72. The second-order valence-corrected chi connectivity index (χ2v) is 1.04. The summed E-state index contributed by atoms with van der Waals surface area (Å²) in [6, 6.07) is 0. The molecule has 7 heavy (non-hydrogen) atoms. The predicted molar refractivity (Wildman–Crippen MR) is 30.1 cm³/mol. The van der Waals surface area contributed by atoms with Gasteiger partial charge in [-0.15, -0.1) is 0 Å². The Balaban J connectivity index is 3.49. The normalized spacial score (nSPS) is 10.7. The predicted octanol–water partition coefficient (Wildman–Crippen LogP) is -0.345. The summed E-state index contributed by atoms with van der Waals surface area (Å²) in [5.41, 5.74) is 5.18. The Labute approximate surface area is 42.7 Å². The number of nitrogens with one attached hydrogen (secondary N) is 2. The van der Waals surface area contributed by atoms with E-state index in [9.17, 15) is 0 Å². The minimum atomic E-state index is 0.509. The average Bonchev–Trinajstić information content (AvgIpc) is 1.68. The van der Waals surface area contributed by atoms with E-state index in [0.29, 0.717) is 5.82 Å². The maximum atomic E-state index is 6.52. The Morgan fingerprint density at radius 2 is 2.43 bits per heavy atom. The molecular weight excluding hydrogens is 90.1 g/mol. The van der Waals surface area contributed by atoms with Crippen molar-refractivity contribution in [3.05, 3.63) is 11.9 Å². The van der Waals surface area contributed by atoms with Gasteiger partial charge in [-0.05, 0) is 6.08 Å². The van der Waals surface area contributed by atoms with E-state index in [1.54, 1.807) is 7.05 Å². The Bertz CT molecular complexity index is 84.9. The van der Waals surface area contributed by atoms with Gasteiger partial charge in [0.05, 0.1) is 5.82 Å². The molecule has 0 aromatic heterocycles. The summed E-state index contributed by atoms with van der Waals surface area (Å²) in [4.78, 5) is 0. The van der Waals surface area contributed by atoms with Crippen LogP contribution < -0.4 is 11.1 Å². The SMILES string of the molecule is CN/C(N)=C/C=N. The number of rotatable bonds is 2. The van der Waals surface area contributed by atoms with Gasteiger partial charge in [0.15, 0.2) is 0 Å². The second kappa shape index (κ2) is 3.21. The fourth-order valence-corrected chi connectivity index (χ4v) is 0.173. The first-order valence-corrected chi connectivity index (χ1v) is 1.95. The zero-order valence-electron chi connectivity index (χ0n) is 4.23. The number of hydrogen-bond donors (Lipinski definition) is 3. The molecule has 0 amide bonds. The summed E-state index contributed by atoms with van der Waals surface area (Å²) >= 11 is 0. The van der Waals surface area contributed by atoms with Gasteiger partial charge in [-0.25, -0.2) is 0 Å². The molecule has 0 rings (SSSR count).